The second kappa shape index (κ2) is 10.1. The third-order valence-electron chi connectivity index (χ3n) is 5.37. The summed E-state index contributed by atoms with van der Waals surface area (Å²) in [6.07, 6.45) is 1.48. The molecule has 0 radical (unpaired) electrons. The molecule has 0 spiro atoms. The number of carbonyl (C=O) groups excluding carboxylic acids is 1. The van der Waals surface area contributed by atoms with E-state index in [2.05, 4.69) is 15.0 Å². The third-order valence-corrected chi connectivity index (χ3v) is 6.79. The van der Waals surface area contributed by atoms with Gasteiger partial charge in [-0.05, 0) is 61.5 Å². The summed E-state index contributed by atoms with van der Waals surface area (Å²) in [6, 6.07) is 14.9. The average molecular weight is 483 g/mol. The van der Waals surface area contributed by atoms with Crippen LogP contribution in [0.2, 0.25) is 0 Å². The number of sulfonamides is 1. The van der Waals surface area contributed by atoms with Gasteiger partial charge >= 0.3 is 0 Å². The van der Waals surface area contributed by atoms with E-state index in [0.29, 0.717) is 54.7 Å². The summed E-state index contributed by atoms with van der Waals surface area (Å²) in [5.74, 6) is 0.241. The number of ether oxygens (including phenoxy) is 2. The molecular formula is C24H26N4O5S. The Balaban J connectivity index is 1.66. The summed E-state index contributed by atoms with van der Waals surface area (Å²) in [6.45, 7) is 3.96. The predicted molar refractivity (Wildman–Crippen MR) is 130 cm³/mol. The lowest BCUT2D eigenvalue weighted by Gasteiger charge is -2.30. The second-order valence-electron chi connectivity index (χ2n) is 7.76. The fourth-order valence-corrected chi connectivity index (χ4v) is 4.86. The second-order valence-corrected chi connectivity index (χ2v) is 9.41. The van der Waals surface area contributed by atoms with Crippen molar-refractivity contribution in [2.24, 2.45) is 0 Å². The van der Waals surface area contributed by atoms with Crippen LogP contribution in [0.3, 0.4) is 0 Å². The summed E-state index contributed by atoms with van der Waals surface area (Å²) in [4.78, 5) is 18.8. The number of amides is 1. The first-order chi connectivity index (χ1) is 16.4. The van der Waals surface area contributed by atoms with E-state index in [1.165, 1.54) is 12.3 Å². The molecule has 0 saturated carbocycles. The smallest absolute Gasteiger partial charge is 0.264 e. The molecule has 0 bridgehead atoms. The predicted octanol–water partition coefficient (Wildman–Crippen LogP) is 3.29. The van der Waals surface area contributed by atoms with E-state index < -0.39 is 10.0 Å². The number of benzene rings is 2. The maximum absolute atomic E-state index is 13.4. The van der Waals surface area contributed by atoms with Crippen LogP contribution in [-0.4, -0.2) is 52.7 Å². The number of aryl methyl sites for hydroxylation is 1. The molecule has 3 aromatic rings. The fourth-order valence-electron chi connectivity index (χ4n) is 3.55. The number of nitrogens with zero attached hydrogens (tertiary/aromatic N) is 2. The molecule has 2 N–H and O–H groups in total. The minimum absolute atomic E-state index is 0.0602. The zero-order valence-corrected chi connectivity index (χ0v) is 19.8. The number of hydrogen-bond donors (Lipinski definition) is 2. The highest BCUT2D eigenvalue weighted by atomic mass is 32.2. The molecule has 0 aliphatic carbocycles. The van der Waals surface area contributed by atoms with Crippen LogP contribution < -0.4 is 19.7 Å². The standard InChI is InChI=1S/C24H26N4O5S/c1-17-3-4-18(16-25-17)24(29)26-20-7-10-22(28-11-13-33-14-12-28)23(15-20)34(30,31)27-19-5-8-21(32-2)9-6-19/h3-10,15-16,27H,11-14H2,1-2H3,(H,26,29). The summed E-state index contributed by atoms with van der Waals surface area (Å²) in [5, 5.41) is 2.77. The van der Waals surface area contributed by atoms with Crippen molar-refractivity contribution in [1.82, 2.24) is 4.98 Å². The Labute approximate surface area is 198 Å². The van der Waals surface area contributed by atoms with Crippen LogP contribution in [0.4, 0.5) is 17.1 Å². The van der Waals surface area contributed by atoms with Gasteiger partial charge in [-0.25, -0.2) is 8.42 Å². The molecule has 0 unspecified atom stereocenters. The van der Waals surface area contributed by atoms with Gasteiger partial charge in [-0.1, -0.05) is 0 Å². The average Bonchev–Trinajstić information content (AvgIpc) is 2.85. The van der Waals surface area contributed by atoms with E-state index >= 15 is 0 Å². The molecular weight excluding hydrogens is 456 g/mol. The number of rotatable bonds is 7. The molecule has 34 heavy (non-hydrogen) atoms. The van der Waals surface area contributed by atoms with Crippen molar-refractivity contribution in [2.75, 3.05) is 48.4 Å². The van der Waals surface area contributed by atoms with Gasteiger partial charge in [-0.3, -0.25) is 14.5 Å². The third kappa shape index (κ3) is 5.46. The molecule has 0 atom stereocenters. The number of aromatic nitrogens is 1. The van der Waals surface area contributed by atoms with Crippen LogP contribution in [0, 0.1) is 6.92 Å². The maximum Gasteiger partial charge on any atom is 0.264 e. The molecule has 4 rings (SSSR count). The number of pyridine rings is 1. The van der Waals surface area contributed by atoms with Crippen LogP contribution in [0.15, 0.2) is 65.7 Å². The van der Waals surface area contributed by atoms with Gasteiger partial charge in [0.1, 0.15) is 10.6 Å². The van der Waals surface area contributed by atoms with Gasteiger partial charge in [0.05, 0.1) is 31.6 Å². The van der Waals surface area contributed by atoms with E-state index in [1.807, 2.05) is 11.8 Å². The van der Waals surface area contributed by atoms with Crippen molar-refractivity contribution in [3.8, 4) is 5.75 Å². The molecule has 1 aromatic heterocycles. The number of nitrogens with one attached hydrogen (secondary N) is 2. The Bertz CT molecular complexity index is 1260. The van der Waals surface area contributed by atoms with Gasteiger partial charge in [0, 0.05) is 36.4 Å². The van der Waals surface area contributed by atoms with Gasteiger partial charge in [0.15, 0.2) is 0 Å². The van der Waals surface area contributed by atoms with E-state index in [4.69, 9.17) is 9.47 Å². The highest BCUT2D eigenvalue weighted by molar-refractivity contribution is 7.92. The topological polar surface area (TPSA) is 110 Å². The first-order valence-corrected chi connectivity index (χ1v) is 12.2. The minimum Gasteiger partial charge on any atom is -0.497 e. The van der Waals surface area contributed by atoms with Gasteiger partial charge in [0.25, 0.3) is 15.9 Å². The maximum atomic E-state index is 13.4. The molecule has 178 valence electrons. The van der Waals surface area contributed by atoms with Crippen molar-refractivity contribution in [1.29, 1.82) is 0 Å². The van der Waals surface area contributed by atoms with E-state index in [-0.39, 0.29) is 10.8 Å². The Morgan fingerprint density at radius 3 is 2.38 bits per heavy atom. The van der Waals surface area contributed by atoms with Gasteiger partial charge in [-0.2, -0.15) is 0 Å². The number of carbonyl (C=O) groups is 1. The van der Waals surface area contributed by atoms with Crippen molar-refractivity contribution in [3.63, 3.8) is 0 Å². The quantitative estimate of drug-likeness (QED) is 0.532. The van der Waals surface area contributed by atoms with Gasteiger partial charge in [0.2, 0.25) is 0 Å². The lowest BCUT2D eigenvalue weighted by molar-refractivity contribution is 0.102. The molecule has 2 aromatic carbocycles. The zero-order chi connectivity index (χ0) is 24.1. The molecule has 1 aliphatic heterocycles. The Kier molecular flexibility index (Phi) is 6.99. The highest BCUT2D eigenvalue weighted by Gasteiger charge is 2.25. The first-order valence-electron chi connectivity index (χ1n) is 10.7. The Morgan fingerprint density at radius 2 is 1.74 bits per heavy atom. The monoisotopic (exact) mass is 482 g/mol. The lowest BCUT2D eigenvalue weighted by Crippen LogP contribution is -2.37. The van der Waals surface area contributed by atoms with Gasteiger partial charge in [-0.15, -0.1) is 0 Å². The van der Waals surface area contributed by atoms with E-state index in [1.54, 1.807) is 55.6 Å². The number of methoxy groups -OCH3 is 1. The molecule has 1 fully saturated rings. The SMILES string of the molecule is COc1ccc(NS(=O)(=O)c2cc(NC(=O)c3ccc(C)nc3)ccc2N2CCOCC2)cc1. The van der Waals surface area contributed by atoms with Crippen molar-refractivity contribution in [3.05, 3.63) is 72.1 Å². The van der Waals surface area contributed by atoms with Crippen LogP contribution in [0.1, 0.15) is 16.1 Å². The van der Waals surface area contributed by atoms with Crippen LogP contribution in [0.5, 0.6) is 5.75 Å². The lowest BCUT2D eigenvalue weighted by atomic mass is 10.2. The Morgan fingerprint density at radius 1 is 1.03 bits per heavy atom. The Hall–Kier alpha value is -3.63. The number of hydrogen-bond acceptors (Lipinski definition) is 7. The minimum atomic E-state index is -3.98. The number of anilines is 3. The normalized spacial score (nSPS) is 13.9. The highest BCUT2D eigenvalue weighted by Crippen LogP contribution is 2.31. The molecule has 1 saturated heterocycles. The van der Waals surface area contributed by atoms with Crippen LogP contribution >= 0.6 is 0 Å². The summed E-state index contributed by atoms with van der Waals surface area (Å²) in [5.41, 5.74) is 2.47. The van der Waals surface area contributed by atoms with Crippen LogP contribution in [-0.2, 0) is 14.8 Å². The molecule has 1 amide bonds. The molecule has 1 aliphatic rings. The van der Waals surface area contributed by atoms with Crippen molar-refractivity contribution in [2.45, 2.75) is 11.8 Å². The van der Waals surface area contributed by atoms with Crippen LogP contribution in [0.25, 0.3) is 0 Å². The van der Waals surface area contributed by atoms with Gasteiger partial charge < -0.3 is 19.7 Å². The molecule has 9 nitrogen and oxygen atoms in total. The summed E-state index contributed by atoms with van der Waals surface area (Å²) >= 11 is 0. The largest absolute Gasteiger partial charge is 0.497 e. The molecule has 10 heteroatoms. The van der Waals surface area contributed by atoms with E-state index in [0.717, 1.165) is 5.69 Å². The fraction of sp³-hybridized carbons (Fsp3) is 0.250. The summed E-state index contributed by atoms with van der Waals surface area (Å²) in [7, 11) is -2.44. The van der Waals surface area contributed by atoms with Crippen molar-refractivity contribution >= 4 is 33.0 Å². The summed E-state index contributed by atoms with van der Waals surface area (Å²) < 4.78 is 40.1. The first kappa shape index (κ1) is 23.5. The van der Waals surface area contributed by atoms with Crippen molar-refractivity contribution < 1.29 is 22.7 Å². The number of morpholine rings is 1. The van der Waals surface area contributed by atoms with E-state index in [9.17, 15) is 13.2 Å². The zero-order valence-electron chi connectivity index (χ0n) is 18.9. The molecule has 2 heterocycles.